The van der Waals surface area contributed by atoms with Crippen LogP contribution in [0.3, 0.4) is 0 Å². The van der Waals surface area contributed by atoms with E-state index < -0.39 is 0 Å². The number of carbonyl (C=O) groups is 1. The first-order chi connectivity index (χ1) is 13.0. The molecule has 150 valence electrons. The molecule has 0 aromatic heterocycles. The highest BCUT2D eigenvalue weighted by molar-refractivity contribution is 6.21. The minimum absolute atomic E-state index is 0.171. The Labute approximate surface area is 166 Å². The molecule has 2 aliphatic rings. The average molecular weight is 398 g/mol. The summed E-state index contributed by atoms with van der Waals surface area (Å²) in [5.41, 5.74) is 1.58. The van der Waals surface area contributed by atoms with E-state index in [9.17, 15) is 9.18 Å². The van der Waals surface area contributed by atoms with E-state index in [2.05, 4.69) is 11.8 Å². The molecule has 2 fully saturated rings. The molecule has 0 radical (unpaired) electrons. The van der Waals surface area contributed by atoms with E-state index in [0.29, 0.717) is 30.4 Å². The van der Waals surface area contributed by atoms with Gasteiger partial charge in [0.2, 0.25) is 0 Å². The number of benzene rings is 1. The van der Waals surface area contributed by atoms with Gasteiger partial charge in [0.15, 0.2) is 0 Å². The number of hydrogen-bond acceptors (Lipinski definition) is 4. The lowest BCUT2D eigenvalue weighted by molar-refractivity contribution is -0.144. The van der Waals surface area contributed by atoms with Crippen molar-refractivity contribution in [2.45, 2.75) is 43.9 Å². The molecule has 1 aromatic carbocycles. The van der Waals surface area contributed by atoms with Crippen molar-refractivity contribution in [3.05, 3.63) is 35.1 Å². The van der Waals surface area contributed by atoms with Crippen LogP contribution < -0.4 is 0 Å². The maximum Gasteiger partial charge on any atom is 0.306 e. The van der Waals surface area contributed by atoms with Crippen LogP contribution in [0.2, 0.25) is 0 Å². The van der Waals surface area contributed by atoms with Crippen molar-refractivity contribution < 1.29 is 18.7 Å². The summed E-state index contributed by atoms with van der Waals surface area (Å²) in [6.07, 6.45) is 2.54. The Morgan fingerprint density at radius 2 is 2.11 bits per heavy atom. The first kappa shape index (κ1) is 20.6. The summed E-state index contributed by atoms with van der Waals surface area (Å²) < 4.78 is 25.0. The van der Waals surface area contributed by atoms with Crippen molar-refractivity contribution in [2.24, 2.45) is 5.92 Å². The van der Waals surface area contributed by atoms with Crippen LogP contribution >= 0.6 is 11.6 Å². The predicted molar refractivity (Wildman–Crippen MR) is 104 cm³/mol. The fourth-order valence-electron chi connectivity index (χ4n) is 4.01. The molecule has 1 unspecified atom stereocenters. The lowest BCUT2D eigenvalue weighted by atomic mass is 9.89. The van der Waals surface area contributed by atoms with E-state index in [1.807, 2.05) is 6.07 Å². The Morgan fingerprint density at radius 1 is 1.33 bits per heavy atom. The fourth-order valence-corrected chi connectivity index (χ4v) is 4.31. The van der Waals surface area contributed by atoms with Crippen LogP contribution in [0.5, 0.6) is 0 Å². The van der Waals surface area contributed by atoms with Gasteiger partial charge in [0.1, 0.15) is 12.4 Å². The summed E-state index contributed by atoms with van der Waals surface area (Å²) >= 11 is 6.30. The number of esters is 1. The molecular weight excluding hydrogens is 369 g/mol. The predicted octanol–water partition coefficient (Wildman–Crippen LogP) is 3.75. The Bertz CT molecular complexity index is 636. The first-order valence-corrected chi connectivity index (χ1v) is 10.4. The molecule has 1 saturated carbocycles. The molecule has 0 bridgehead atoms. The molecule has 27 heavy (non-hydrogen) atoms. The maximum atomic E-state index is 14.5. The minimum atomic E-state index is -0.277. The number of alkyl halides is 1. The average Bonchev–Trinajstić information content (AvgIpc) is 3.00. The summed E-state index contributed by atoms with van der Waals surface area (Å²) in [7, 11) is 0. The second-order valence-electron chi connectivity index (χ2n) is 7.58. The van der Waals surface area contributed by atoms with E-state index in [-0.39, 0.29) is 23.6 Å². The van der Waals surface area contributed by atoms with Gasteiger partial charge in [-0.2, -0.15) is 0 Å². The van der Waals surface area contributed by atoms with Crippen LogP contribution in [0.25, 0.3) is 0 Å². The molecule has 0 spiro atoms. The van der Waals surface area contributed by atoms with Gasteiger partial charge in [0.25, 0.3) is 0 Å². The third-order valence-corrected chi connectivity index (χ3v) is 6.45. The summed E-state index contributed by atoms with van der Waals surface area (Å²) in [4.78, 5) is 14.1. The third-order valence-electron chi connectivity index (χ3n) is 5.84. The zero-order chi connectivity index (χ0) is 19.2. The van der Waals surface area contributed by atoms with Crippen LogP contribution in [0, 0.1) is 11.7 Å². The van der Waals surface area contributed by atoms with Crippen LogP contribution in [0.15, 0.2) is 18.2 Å². The number of nitrogens with zero attached hydrogens (tertiary/aromatic N) is 1. The van der Waals surface area contributed by atoms with Gasteiger partial charge in [-0.05, 0) is 48.3 Å². The monoisotopic (exact) mass is 397 g/mol. The number of morpholine rings is 1. The van der Waals surface area contributed by atoms with Crippen molar-refractivity contribution in [1.82, 2.24) is 4.90 Å². The number of aryl methyl sites for hydroxylation is 1. The normalized spacial score (nSPS) is 26.3. The molecule has 0 amide bonds. The molecule has 1 aliphatic heterocycles. The van der Waals surface area contributed by atoms with E-state index in [0.717, 1.165) is 51.3 Å². The van der Waals surface area contributed by atoms with Crippen molar-refractivity contribution in [2.75, 3.05) is 39.5 Å². The number of halogens is 2. The van der Waals surface area contributed by atoms with E-state index in [1.54, 1.807) is 12.1 Å². The van der Waals surface area contributed by atoms with Crippen molar-refractivity contribution in [3.8, 4) is 0 Å². The van der Waals surface area contributed by atoms with Crippen LogP contribution in [0.1, 0.15) is 43.2 Å². The first-order valence-electron chi connectivity index (χ1n) is 9.92. The van der Waals surface area contributed by atoms with Crippen molar-refractivity contribution in [1.29, 1.82) is 0 Å². The summed E-state index contributed by atoms with van der Waals surface area (Å²) in [5.74, 6) is 0.166. The Hall–Kier alpha value is -1.17. The molecule has 3 atom stereocenters. The van der Waals surface area contributed by atoms with Gasteiger partial charge in [0, 0.05) is 31.4 Å². The SMILES string of the molecule is C[C@H]1C(Cl)CC[C@@H]1c1ccc(CCC(=O)OCCN2CCOCC2)c(F)c1. The van der Waals surface area contributed by atoms with Gasteiger partial charge in [-0.25, -0.2) is 4.39 Å². The van der Waals surface area contributed by atoms with Gasteiger partial charge in [-0.15, -0.1) is 11.6 Å². The lowest BCUT2D eigenvalue weighted by Gasteiger charge is -2.26. The Morgan fingerprint density at radius 3 is 2.78 bits per heavy atom. The van der Waals surface area contributed by atoms with Gasteiger partial charge in [0.05, 0.1) is 13.2 Å². The third kappa shape index (κ3) is 5.66. The number of rotatable bonds is 7. The smallest absolute Gasteiger partial charge is 0.306 e. The Kier molecular flexibility index (Phi) is 7.50. The molecule has 0 N–H and O–H groups in total. The van der Waals surface area contributed by atoms with E-state index in [4.69, 9.17) is 21.1 Å². The largest absolute Gasteiger partial charge is 0.464 e. The molecule has 6 heteroatoms. The molecule has 1 saturated heterocycles. The Balaban J connectivity index is 1.43. The van der Waals surface area contributed by atoms with Crippen LogP contribution in [-0.4, -0.2) is 55.7 Å². The van der Waals surface area contributed by atoms with Crippen molar-refractivity contribution in [3.63, 3.8) is 0 Å². The number of ether oxygens (including phenoxy) is 2. The zero-order valence-electron chi connectivity index (χ0n) is 16.0. The van der Waals surface area contributed by atoms with Gasteiger partial charge >= 0.3 is 5.97 Å². The summed E-state index contributed by atoms with van der Waals surface area (Å²) in [6, 6.07) is 5.41. The van der Waals surface area contributed by atoms with Gasteiger partial charge in [-0.1, -0.05) is 19.1 Å². The molecule has 4 nitrogen and oxygen atoms in total. The topological polar surface area (TPSA) is 38.8 Å². The summed E-state index contributed by atoms with van der Waals surface area (Å²) in [6.45, 7) is 6.44. The highest BCUT2D eigenvalue weighted by atomic mass is 35.5. The number of carbonyl (C=O) groups excluding carboxylic acids is 1. The van der Waals surface area contributed by atoms with Crippen LogP contribution in [-0.2, 0) is 20.7 Å². The fraction of sp³-hybridized carbons (Fsp3) is 0.667. The molecule has 3 rings (SSSR count). The highest BCUT2D eigenvalue weighted by Crippen LogP contribution is 2.42. The molecule has 1 heterocycles. The quantitative estimate of drug-likeness (QED) is 0.518. The second-order valence-corrected chi connectivity index (χ2v) is 8.14. The van der Waals surface area contributed by atoms with Crippen LogP contribution in [0.4, 0.5) is 4.39 Å². The van der Waals surface area contributed by atoms with E-state index >= 15 is 0 Å². The molecule has 1 aliphatic carbocycles. The molecule has 1 aromatic rings. The standard InChI is InChI=1S/C21H29ClFNO3/c1-15-18(5-6-19(15)22)17-3-2-16(20(23)14-17)4-7-21(25)27-13-10-24-8-11-26-12-9-24/h2-3,14-15,18-19H,4-13H2,1H3/t15-,18+,19?/m1/s1. The maximum absolute atomic E-state index is 14.5. The second kappa shape index (κ2) is 9.85. The van der Waals surface area contributed by atoms with E-state index in [1.165, 1.54) is 0 Å². The number of hydrogen-bond donors (Lipinski definition) is 0. The van der Waals surface area contributed by atoms with Crippen molar-refractivity contribution >= 4 is 17.6 Å². The van der Waals surface area contributed by atoms with Gasteiger partial charge in [-0.3, -0.25) is 9.69 Å². The highest BCUT2D eigenvalue weighted by Gasteiger charge is 2.32. The minimum Gasteiger partial charge on any atom is -0.464 e. The molecular formula is C21H29ClFNO3. The zero-order valence-corrected chi connectivity index (χ0v) is 16.7. The lowest BCUT2D eigenvalue weighted by Crippen LogP contribution is -2.38. The van der Waals surface area contributed by atoms with Gasteiger partial charge < -0.3 is 9.47 Å². The summed E-state index contributed by atoms with van der Waals surface area (Å²) in [5, 5.41) is 0.171.